The third-order valence-corrected chi connectivity index (χ3v) is 5.51. The lowest BCUT2D eigenvalue weighted by Gasteiger charge is -2.42. The molecule has 4 aliphatic rings. The van der Waals surface area contributed by atoms with Gasteiger partial charge in [0.2, 0.25) is 0 Å². The molecule has 1 aromatic carbocycles. The van der Waals surface area contributed by atoms with Gasteiger partial charge in [0.15, 0.2) is 6.04 Å². The van der Waals surface area contributed by atoms with E-state index in [9.17, 15) is 0 Å². The summed E-state index contributed by atoms with van der Waals surface area (Å²) in [6.07, 6.45) is 2.58. The molecule has 2 bridgehead atoms. The number of piperidine rings is 3. The summed E-state index contributed by atoms with van der Waals surface area (Å²) in [4.78, 5) is 1.67. The molecule has 5 rings (SSSR count). The number of halogens is 2. The number of nitrogens with zero attached hydrogens (tertiary/aromatic N) is 1. The van der Waals surface area contributed by atoms with Crippen LogP contribution >= 0.6 is 23.2 Å². The Bertz CT molecular complexity index is 550. The van der Waals surface area contributed by atoms with Crippen LogP contribution in [0.2, 0.25) is 10.0 Å². The lowest BCUT2D eigenvalue weighted by atomic mass is 9.78. The number of hydrogen-bond donors (Lipinski definition) is 2. The predicted octanol–water partition coefficient (Wildman–Crippen LogP) is 1.67. The number of quaternary nitrogens is 1. The molecule has 3 nitrogen and oxygen atoms in total. The van der Waals surface area contributed by atoms with Crippen molar-refractivity contribution in [1.29, 1.82) is 0 Å². The summed E-state index contributed by atoms with van der Waals surface area (Å²) >= 11 is 12.1. The van der Waals surface area contributed by atoms with Gasteiger partial charge in [0.1, 0.15) is 11.8 Å². The van der Waals surface area contributed by atoms with Gasteiger partial charge in [-0.25, -0.2) is 0 Å². The zero-order valence-corrected chi connectivity index (χ0v) is 12.0. The first kappa shape index (κ1) is 12.0. The zero-order valence-electron chi connectivity index (χ0n) is 10.5. The highest BCUT2D eigenvalue weighted by Crippen LogP contribution is 2.33. The molecule has 2 atom stereocenters. The van der Waals surface area contributed by atoms with E-state index in [1.54, 1.807) is 4.90 Å². The van der Waals surface area contributed by atoms with Crippen molar-refractivity contribution in [2.45, 2.75) is 24.9 Å². The normalized spacial score (nSPS) is 35.8. The topological polar surface area (TPSA) is 28.8 Å². The van der Waals surface area contributed by atoms with Gasteiger partial charge < -0.3 is 4.90 Å². The maximum Gasteiger partial charge on any atom is 0.155 e. The molecule has 0 amide bonds. The molecule has 4 aliphatic heterocycles. The van der Waals surface area contributed by atoms with Gasteiger partial charge in [0.25, 0.3) is 0 Å². The fourth-order valence-electron chi connectivity index (χ4n) is 3.82. The van der Waals surface area contributed by atoms with E-state index in [-0.39, 0.29) is 6.04 Å². The highest BCUT2D eigenvalue weighted by Gasteiger charge is 2.50. The van der Waals surface area contributed by atoms with E-state index >= 15 is 0 Å². The van der Waals surface area contributed by atoms with Gasteiger partial charge in [-0.05, 0) is 17.7 Å². The molecule has 0 unspecified atom stereocenters. The molecule has 0 radical (unpaired) electrons. The molecule has 100 valence electrons. The second-order valence-electron chi connectivity index (χ2n) is 5.73. The quantitative estimate of drug-likeness (QED) is 0.811. The molecule has 0 aliphatic carbocycles. The Morgan fingerprint density at radius 1 is 1.16 bits per heavy atom. The van der Waals surface area contributed by atoms with Crippen LogP contribution in [0.4, 0.5) is 0 Å². The Hall–Kier alpha value is -0.770. The van der Waals surface area contributed by atoms with Gasteiger partial charge in [-0.15, -0.1) is 0 Å². The summed E-state index contributed by atoms with van der Waals surface area (Å²) in [5.41, 5.74) is 5.90. The Morgan fingerprint density at radius 2 is 1.95 bits per heavy atom. The fourth-order valence-corrected chi connectivity index (χ4v) is 4.12. The lowest BCUT2D eigenvalue weighted by Crippen LogP contribution is -3.20. The number of hydrogen-bond acceptors (Lipinski definition) is 2. The molecule has 0 saturated carbocycles. The first-order valence-corrected chi connectivity index (χ1v) is 7.62. The van der Waals surface area contributed by atoms with Gasteiger partial charge >= 0.3 is 0 Å². The van der Waals surface area contributed by atoms with Crippen molar-refractivity contribution in [2.24, 2.45) is 11.0 Å². The Balaban J connectivity index is 1.69. The SMILES string of the molecule is Clc1ccc([C@H]2NN=C3C4CC[NH+](CC4)[C@H]32)cc1Cl. The Labute approximate surface area is 122 Å². The van der Waals surface area contributed by atoms with Crippen LogP contribution in [0.15, 0.2) is 23.3 Å². The molecule has 2 N–H and O–H groups in total. The molecule has 1 aromatic rings. The van der Waals surface area contributed by atoms with Gasteiger partial charge in [0, 0.05) is 18.8 Å². The second-order valence-corrected chi connectivity index (χ2v) is 6.54. The minimum absolute atomic E-state index is 0.253. The summed E-state index contributed by atoms with van der Waals surface area (Å²) in [6, 6.07) is 6.66. The van der Waals surface area contributed by atoms with Crippen LogP contribution in [0, 0.1) is 5.92 Å². The van der Waals surface area contributed by atoms with Crippen molar-refractivity contribution in [1.82, 2.24) is 5.43 Å². The predicted molar refractivity (Wildman–Crippen MR) is 77.0 cm³/mol. The molecule has 3 saturated heterocycles. The van der Waals surface area contributed by atoms with Crippen LogP contribution < -0.4 is 10.3 Å². The van der Waals surface area contributed by atoms with E-state index in [1.165, 1.54) is 37.2 Å². The maximum absolute atomic E-state index is 6.14. The van der Waals surface area contributed by atoms with Crippen molar-refractivity contribution in [3.8, 4) is 0 Å². The van der Waals surface area contributed by atoms with Crippen LogP contribution in [0.3, 0.4) is 0 Å². The van der Waals surface area contributed by atoms with Crippen LogP contribution in [0.1, 0.15) is 24.4 Å². The summed E-state index contributed by atoms with van der Waals surface area (Å²) in [5.74, 6) is 0.697. The van der Waals surface area contributed by atoms with Gasteiger partial charge in [-0.2, -0.15) is 5.10 Å². The standard InChI is InChI=1S/C14H15Cl2N3/c15-10-2-1-9(7-11(10)16)13-14-12(17-18-13)8-3-5-19(14)6-4-8/h1-2,7-8,13-14,18H,3-6H2/p+1/t13-,14-/m1/s1. The summed E-state index contributed by atoms with van der Waals surface area (Å²) in [5, 5.41) is 5.86. The number of hydrazone groups is 1. The average molecular weight is 297 g/mol. The van der Waals surface area contributed by atoms with Crippen molar-refractivity contribution >= 4 is 28.9 Å². The van der Waals surface area contributed by atoms with E-state index in [0.717, 1.165) is 0 Å². The zero-order chi connectivity index (χ0) is 13.0. The molecule has 19 heavy (non-hydrogen) atoms. The fraction of sp³-hybridized carbons (Fsp3) is 0.500. The van der Waals surface area contributed by atoms with Crippen molar-refractivity contribution in [2.75, 3.05) is 13.1 Å². The first-order valence-electron chi connectivity index (χ1n) is 6.86. The van der Waals surface area contributed by atoms with E-state index in [4.69, 9.17) is 23.2 Å². The monoisotopic (exact) mass is 296 g/mol. The van der Waals surface area contributed by atoms with Crippen LogP contribution in [-0.4, -0.2) is 24.8 Å². The largest absolute Gasteiger partial charge is 0.326 e. The van der Waals surface area contributed by atoms with Gasteiger partial charge in [0.05, 0.1) is 23.1 Å². The lowest BCUT2D eigenvalue weighted by molar-refractivity contribution is -0.927. The molecule has 0 aromatic heterocycles. The average Bonchev–Trinajstić information content (AvgIpc) is 2.90. The van der Waals surface area contributed by atoms with E-state index in [0.29, 0.717) is 22.0 Å². The van der Waals surface area contributed by atoms with Crippen molar-refractivity contribution < 1.29 is 4.90 Å². The highest BCUT2D eigenvalue weighted by molar-refractivity contribution is 6.42. The molecule has 3 fully saturated rings. The number of fused-ring (bicyclic) bond motifs is 2. The van der Waals surface area contributed by atoms with Crippen LogP contribution in [-0.2, 0) is 0 Å². The van der Waals surface area contributed by atoms with Crippen LogP contribution in [0.25, 0.3) is 0 Å². The highest BCUT2D eigenvalue weighted by atomic mass is 35.5. The second kappa shape index (κ2) is 4.37. The molecule has 5 heteroatoms. The Morgan fingerprint density at radius 3 is 2.68 bits per heavy atom. The summed E-state index contributed by atoms with van der Waals surface area (Å²) < 4.78 is 0. The van der Waals surface area contributed by atoms with E-state index in [2.05, 4.69) is 16.6 Å². The number of rotatable bonds is 1. The molecule has 0 spiro atoms. The minimum Gasteiger partial charge on any atom is -0.326 e. The molecule has 4 heterocycles. The maximum atomic E-state index is 6.14. The minimum atomic E-state index is 0.253. The number of nitrogens with one attached hydrogen (secondary N) is 2. The third kappa shape index (κ3) is 1.79. The van der Waals surface area contributed by atoms with Crippen molar-refractivity contribution in [3.63, 3.8) is 0 Å². The Kier molecular flexibility index (Phi) is 2.76. The summed E-state index contributed by atoms with van der Waals surface area (Å²) in [7, 11) is 0. The van der Waals surface area contributed by atoms with E-state index in [1.807, 2.05) is 12.1 Å². The van der Waals surface area contributed by atoms with Gasteiger partial charge in [-0.1, -0.05) is 29.3 Å². The molecular formula is C14H16Cl2N3+. The smallest absolute Gasteiger partial charge is 0.155 e. The van der Waals surface area contributed by atoms with Crippen molar-refractivity contribution in [3.05, 3.63) is 33.8 Å². The third-order valence-electron chi connectivity index (χ3n) is 4.77. The van der Waals surface area contributed by atoms with Gasteiger partial charge in [-0.3, -0.25) is 5.43 Å². The summed E-state index contributed by atoms with van der Waals surface area (Å²) in [6.45, 7) is 2.54. The number of benzene rings is 1. The molecular weight excluding hydrogens is 281 g/mol. The van der Waals surface area contributed by atoms with E-state index < -0.39 is 0 Å². The van der Waals surface area contributed by atoms with Crippen LogP contribution in [0.5, 0.6) is 0 Å². The first-order chi connectivity index (χ1) is 9.24.